The molecule has 1 atom stereocenters. The molecule has 0 spiro atoms. The molecule has 1 amide bonds. The first-order valence-electron chi connectivity index (χ1n) is 5.31. The van der Waals surface area contributed by atoms with Gasteiger partial charge in [0.05, 0.1) is 0 Å². The summed E-state index contributed by atoms with van der Waals surface area (Å²) in [5.41, 5.74) is 5.40. The number of ether oxygens (including phenoxy) is 1. The molecule has 0 heterocycles. The van der Waals surface area contributed by atoms with E-state index in [0.717, 1.165) is 12.8 Å². The van der Waals surface area contributed by atoms with Crippen LogP contribution < -0.4 is 11.1 Å². The first-order valence-corrected chi connectivity index (χ1v) is 5.31. The average Bonchev–Trinajstić information content (AvgIpc) is 2.21. The Morgan fingerprint density at radius 2 is 2.14 bits per heavy atom. The van der Waals surface area contributed by atoms with E-state index in [-0.39, 0.29) is 12.5 Å². The maximum absolute atomic E-state index is 11.6. The van der Waals surface area contributed by atoms with Crippen LogP contribution in [0.15, 0.2) is 0 Å². The number of nitrogens with two attached hydrogens (primary N) is 1. The second kappa shape index (κ2) is 5.98. The predicted octanol–water partition coefficient (Wildman–Crippen LogP) is 0.409. The highest BCUT2D eigenvalue weighted by Crippen LogP contribution is 2.17. The van der Waals surface area contributed by atoms with Gasteiger partial charge in [-0.2, -0.15) is 0 Å². The van der Waals surface area contributed by atoms with Crippen LogP contribution in [0, 0.1) is 0 Å². The summed E-state index contributed by atoms with van der Waals surface area (Å²) in [7, 11) is 1.51. The number of carbonyl (C=O) groups excluding carboxylic acids is 1. The van der Waals surface area contributed by atoms with Gasteiger partial charge in [0.1, 0.15) is 6.10 Å². The van der Waals surface area contributed by atoms with E-state index in [4.69, 9.17) is 10.5 Å². The van der Waals surface area contributed by atoms with E-state index in [2.05, 4.69) is 5.32 Å². The minimum absolute atomic E-state index is 0.0677. The van der Waals surface area contributed by atoms with Gasteiger partial charge in [0.15, 0.2) is 0 Å². The third-order valence-corrected chi connectivity index (χ3v) is 2.74. The number of rotatable bonds is 4. The number of nitrogens with one attached hydrogen (secondary N) is 1. The van der Waals surface area contributed by atoms with Crippen LogP contribution >= 0.6 is 0 Å². The van der Waals surface area contributed by atoms with Crippen molar-refractivity contribution < 1.29 is 9.53 Å². The zero-order valence-electron chi connectivity index (χ0n) is 8.79. The van der Waals surface area contributed by atoms with Crippen LogP contribution in [-0.4, -0.2) is 31.7 Å². The Morgan fingerprint density at radius 3 is 2.64 bits per heavy atom. The van der Waals surface area contributed by atoms with Crippen molar-refractivity contribution in [3.05, 3.63) is 0 Å². The fourth-order valence-electron chi connectivity index (χ4n) is 1.85. The second-order valence-corrected chi connectivity index (χ2v) is 3.80. The minimum atomic E-state index is -0.489. The summed E-state index contributed by atoms with van der Waals surface area (Å²) >= 11 is 0. The van der Waals surface area contributed by atoms with E-state index in [1.807, 2.05) is 0 Å². The van der Waals surface area contributed by atoms with Gasteiger partial charge in [-0.3, -0.25) is 4.79 Å². The third-order valence-electron chi connectivity index (χ3n) is 2.74. The van der Waals surface area contributed by atoms with Crippen LogP contribution in [0.4, 0.5) is 0 Å². The van der Waals surface area contributed by atoms with Gasteiger partial charge in [-0.25, -0.2) is 0 Å². The summed E-state index contributed by atoms with van der Waals surface area (Å²) in [6.07, 6.45) is 5.41. The molecule has 14 heavy (non-hydrogen) atoms. The third kappa shape index (κ3) is 3.27. The molecule has 1 fully saturated rings. The standard InChI is InChI=1S/C10H20N2O2/c1-14-9(7-11)10(13)12-8-5-3-2-4-6-8/h8-9H,2-7,11H2,1H3,(H,12,13). The molecule has 1 aliphatic rings. The molecular formula is C10H20N2O2. The van der Waals surface area contributed by atoms with E-state index >= 15 is 0 Å². The van der Waals surface area contributed by atoms with Crippen LogP contribution in [0.3, 0.4) is 0 Å². The molecular weight excluding hydrogens is 180 g/mol. The molecule has 0 aromatic rings. The van der Waals surface area contributed by atoms with Crippen LogP contribution in [0.2, 0.25) is 0 Å². The topological polar surface area (TPSA) is 64.3 Å². The van der Waals surface area contributed by atoms with Gasteiger partial charge in [-0.05, 0) is 12.8 Å². The Balaban J connectivity index is 2.30. The average molecular weight is 200 g/mol. The van der Waals surface area contributed by atoms with Gasteiger partial charge in [-0.15, -0.1) is 0 Å². The fourth-order valence-corrected chi connectivity index (χ4v) is 1.85. The zero-order valence-corrected chi connectivity index (χ0v) is 8.79. The van der Waals surface area contributed by atoms with E-state index in [9.17, 15) is 4.79 Å². The predicted molar refractivity (Wildman–Crippen MR) is 54.9 cm³/mol. The summed E-state index contributed by atoms with van der Waals surface area (Å²) in [5, 5.41) is 2.98. The molecule has 1 aliphatic carbocycles. The van der Waals surface area contributed by atoms with Crippen LogP contribution in [-0.2, 0) is 9.53 Å². The number of hydrogen-bond acceptors (Lipinski definition) is 3. The number of hydrogen-bond donors (Lipinski definition) is 2. The first kappa shape index (κ1) is 11.5. The van der Waals surface area contributed by atoms with E-state index in [0.29, 0.717) is 6.04 Å². The molecule has 0 aromatic carbocycles. The summed E-state index contributed by atoms with van der Waals surface area (Å²) in [4.78, 5) is 11.6. The normalized spacial score (nSPS) is 20.4. The van der Waals surface area contributed by atoms with Crippen molar-refractivity contribution in [1.82, 2.24) is 5.32 Å². The lowest BCUT2D eigenvalue weighted by Crippen LogP contribution is -2.45. The van der Waals surface area contributed by atoms with Gasteiger partial charge < -0.3 is 15.8 Å². The first-order chi connectivity index (χ1) is 6.77. The van der Waals surface area contributed by atoms with Gasteiger partial charge in [0.25, 0.3) is 5.91 Å². The zero-order chi connectivity index (χ0) is 10.4. The van der Waals surface area contributed by atoms with Crippen molar-refractivity contribution in [2.24, 2.45) is 5.73 Å². The van der Waals surface area contributed by atoms with Crippen LogP contribution in [0.5, 0.6) is 0 Å². The lowest BCUT2D eigenvalue weighted by molar-refractivity contribution is -0.131. The highest BCUT2D eigenvalue weighted by atomic mass is 16.5. The maximum atomic E-state index is 11.6. The van der Waals surface area contributed by atoms with E-state index in [1.54, 1.807) is 0 Å². The number of methoxy groups -OCH3 is 1. The lowest BCUT2D eigenvalue weighted by Gasteiger charge is -2.24. The summed E-state index contributed by atoms with van der Waals surface area (Å²) in [5.74, 6) is -0.0677. The van der Waals surface area contributed by atoms with Gasteiger partial charge in [-0.1, -0.05) is 19.3 Å². The Morgan fingerprint density at radius 1 is 1.50 bits per heavy atom. The van der Waals surface area contributed by atoms with Crippen LogP contribution in [0.1, 0.15) is 32.1 Å². The molecule has 1 saturated carbocycles. The molecule has 0 bridgehead atoms. The molecule has 0 radical (unpaired) electrons. The Labute approximate surface area is 85.2 Å². The number of amides is 1. The van der Waals surface area contributed by atoms with Gasteiger partial charge in [0, 0.05) is 19.7 Å². The molecule has 1 rings (SSSR count). The maximum Gasteiger partial charge on any atom is 0.250 e. The van der Waals surface area contributed by atoms with Gasteiger partial charge >= 0.3 is 0 Å². The molecule has 0 aliphatic heterocycles. The fraction of sp³-hybridized carbons (Fsp3) is 0.900. The SMILES string of the molecule is COC(CN)C(=O)NC1CCCCC1. The van der Waals surface area contributed by atoms with E-state index < -0.39 is 6.10 Å². The molecule has 82 valence electrons. The Bertz CT molecular complexity index is 175. The summed E-state index contributed by atoms with van der Waals surface area (Å²) in [6, 6.07) is 0.334. The highest BCUT2D eigenvalue weighted by Gasteiger charge is 2.20. The Kier molecular flexibility index (Phi) is 4.90. The van der Waals surface area contributed by atoms with Crippen molar-refractivity contribution in [2.75, 3.05) is 13.7 Å². The van der Waals surface area contributed by atoms with Crippen LogP contribution in [0.25, 0.3) is 0 Å². The summed E-state index contributed by atoms with van der Waals surface area (Å²) < 4.78 is 4.97. The van der Waals surface area contributed by atoms with Crippen molar-refractivity contribution >= 4 is 5.91 Å². The highest BCUT2D eigenvalue weighted by molar-refractivity contribution is 5.81. The minimum Gasteiger partial charge on any atom is -0.370 e. The van der Waals surface area contributed by atoms with Crippen molar-refractivity contribution in [1.29, 1.82) is 0 Å². The van der Waals surface area contributed by atoms with Crippen molar-refractivity contribution in [3.63, 3.8) is 0 Å². The largest absolute Gasteiger partial charge is 0.370 e. The number of carbonyl (C=O) groups is 1. The molecule has 0 saturated heterocycles. The summed E-state index contributed by atoms with van der Waals surface area (Å²) in [6.45, 7) is 0.245. The molecule has 4 heteroatoms. The van der Waals surface area contributed by atoms with Gasteiger partial charge in [0.2, 0.25) is 0 Å². The van der Waals surface area contributed by atoms with E-state index in [1.165, 1.54) is 26.4 Å². The molecule has 4 nitrogen and oxygen atoms in total. The molecule has 3 N–H and O–H groups in total. The Hall–Kier alpha value is -0.610. The second-order valence-electron chi connectivity index (χ2n) is 3.80. The monoisotopic (exact) mass is 200 g/mol. The smallest absolute Gasteiger partial charge is 0.250 e. The lowest BCUT2D eigenvalue weighted by atomic mass is 9.95. The molecule has 1 unspecified atom stereocenters. The quantitative estimate of drug-likeness (QED) is 0.691. The van der Waals surface area contributed by atoms with Crippen molar-refractivity contribution in [3.8, 4) is 0 Å². The molecule has 0 aromatic heterocycles. The van der Waals surface area contributed by atoms with Crippen molar-refractivity contribution in [2.45, 2.75) is 44.2 Å².